The molecule has 0 unspecified atom stereocenters. The van der Waals surface area contributed by atoms with E-state index in [1.165, 1.54) is 23.6 Å². The Morgan fingerprint density at radius 2 is 1.85 bits per heavy atom. The van der Waals surface area contributed by atoms with Crippen molar-refractivity contribution in [2.24, 2.45) is 17.8 Å². The predicted octanol–water partition coefficient (Wildman–Crippen LogP) is 4.48. The molecule has 0 spiro atoms. The van der Waals surface area contributed by atoms with Gasteiger partial charge in [0, 0.05) is 19.3 Å². The summed E-state index contributed by atoms with van der Waals surface area (Å²) in [5.41, 5.74) is 2.58. The first-order chi connectivity index (χ1) is 12.9. The lowest BCUT2D eigenvalue weighted by atomic mass is 9.75. The highest BCUT2D eigenvalue weighted by Crippen LogP contribution is 2.35. The summed E-state index contributed by atoms with van der Waals surface area (Å²) in [6.45, 7) is 8.19. The number of ketones is 1. The van der Waals surface area contributed by atoms with Crippen LogP contribution in [0, 0.1) is 17.8 Å². The van der Waals surface area contributed by atoms with Gasteiger partial charge in [0.05, 0.1) is 0 Å². The number of hydrogen-bond donors (Lipinski definition) is 0. The van der Waals surface area contributed by atoms with Crippen LogP contribution in [-0.2, 0) is 27.4 Å². The van der Waals surface area contributed by atoms with E-state index in [1.807, 2.05) is 12.1 Å². The fourth-order valence-electron chi connectivity index (χ4n) is 4.32. The van der Waals surface area contributed by atoms with E-state index in [-0.39, 0.29) is 24.3 Å². The number of rotatable bonds is 6. The van der Waals surface area contributed by atoms with Gasteiger partial charge in [0.2, 0.25) is 0 Å². The molecule has 1 heterocycles. The summed E-state index contributed by atoms with van der Waals surface area (Å²) >= 11 is 0. The molecule has 0 saturated heterocycles. The third-order valence-electron chi connectivity index (χ3n) is 5.90. The first-order valence-electron chi connectivity index (χ1n) is 10.1. The van der Waals surface area contributed by atoms with Crippen molar-refractivity contribution in [3.63, 3.8) is 0 Å². The van der Waals surface area contributed by atoms with Crippen molar-refractivity contribution < 1.29 is 14.3 Å². The van der Waals surface area contributed by atoms with Crippen LogP contribution >= 0.6 is 0 Å². The van der Waals surface area contributed by atoms with Crippen molar-refractivity contribution in [2.45, 2.75) is 65.6 Å². The molecular formula is C23H31NO3. The Bertz CT molecular complexity index is 684. The van der Waals surface area contributed by atoms with Crippen LogP contribution in [0.4, 0.5) is 0 Å². The minimum absolute atomic E-state index is 0.0499. The molecule has 146 valence electrons. The van der Waals surface area contributed by atoms with E-state index in [2.05, 4.69) is 37.8 Å². The molecule has 0 N–H and O–H groups in total. The van der Waals surface area contributed by atoms with Gasteiger partial charge < -0.3 is 9.64 Å². The molecule has 3 rings (SSSR count). The molecule has 4 heteroatoms. The molecule has 2 aliphatic rings. The van der Waals surface area contributed by atoms with Gasteiger partial charge >= 0.3 is 5.97 Å². The molecular weight excluding hydrogens is 338 g/mol. The van der Waals surface area contributed by atoms with Gasteiger partial charge in [-0.25, -0.2) is 0 Å². The van der Waals surface area contributed by atoms with E-state index in [4.69, 9.17) is 4.74 Å². The first kappa shape index (κ1) is 19.7. The SMILES string of the molecule is CC(C)[C@@H]1CC[C@@H](C)C[C@H]1OC(=O)CC(=O)/C=C/N1Cc2ccccc2C1. The van der Waals surface area contributed by atoms with Gasteiger partial charge in [0.1, 0.15) is 12.5 Å². The second kappa shape index (κ2) is 8.73. The Kier molecular flexibility index (Phi) is 6.35. The van der Waals surface area contributed by atoms with Crippen LogP contribution in [0.5, 0.6) is 0 Å². The van der Waals surface area contributed by atoms with Crippen molar-refractivity contribution in [3.8, 4) is 0 Å². The number of fused-ring (bicyclic) bond motifs is 1. The third-order valence-corrected chi connectivity index (χ3v) is 5.90. The standard InChI is InChI=1S/C23H31NO3/c1-16(2)21-9-8-17(3)12-22(21)27-23(26)13-20(25)10-11-24-14-18-6-4-5-7-19(18)15-24/h4-7,10-11,16-17,21-22H,8-9,12-15H2,1-3H3/b11-10+/t17-,21+,22-/m1/s1. The van der Waals surface area contributed by atoms with Crippen LogP contribution in [0.25, 0.3) is 0 Å². The van der Waals surface area contributed by atoms with Crippen molar-refractivity contribution in [2.75, 3.05) is 0 Å². The molecule has 0 bridgehead atoms. The Labute approximate surface area is 162 Å². The van der Waals surface area contributed by atoms with E-state index in [9.17, 15) is 9.59 Å². The van der Waals surface area contributed by atoms with Gasteiger partial charge in [0.15, 0.2) is 5.78 Å². The molecule has 1 aliphatic heterocycles. The lowest BCUT2D eigenvalue weighted by Crippen LogP contribution is -2.36. The van der Waals surface area contributed by atoms with E-state index in [0.29, 0.717) is 17.8 Å². The van der Waals surface area contributed by atoms with Crippen LogP contribution < -0.4 is 0 Å². The summed E-state index contributed by atoms with van der Waals surface area (Å²) in [5.74, 6) is 0.881. The average molecular weight is 370 g/mol. The summed E-state index contributed by atoms with van der Waals surface area (Å²) in [6.07, 6.45) is 6.28. The van der Waals surface area contributed by atoms with E-state index in [1.54, 1.807) is 6.20 Å². The number of carbonyl (C=O) groups excluding carboxylic acids is 2. The lowest BCUT2D eigenvalue weighted by molar-refractivity contribution is -0.156. The monoisotopic (exact) mass is 369 g/mol. The lowest BCUT2D eigenvalue weighted by Gasteiger charge is -2.36. The molecule has 4 nitrogen and oxygen atoms in total. The maximum absolute atomic E-state index is 12.3. The Balaban J connectivity index is 1.48. The normalized spacial score (nSPS) is 25.0. The fourth-order valence-corrected chi connectivity index (χ4v) is 4.32. The molecule has 0 radical (unpaired) electrons. The van der Waals surface area contributed by atoms with Crippen LogP contribution in [0.15, 0.2) is 36.5 Å². The molecule has 1 saturated carbocycles. The van der Waals surface area contributed by atoms with Gasteiger partial charge in [-0.05, 0) is 47.8 Å². The van der Waals surface area contributed by atoms with Crippen LogP contribution in [0.1, 0.15) is 57.6 Å². The first-order valence-corrected chi connectivity index (χ1v) is 10.1. The summed E-state index contributed by atoms with van der Waals surface area (Å²) in [7, 11) is 0. The minimum atomic E-state index is -0.390. The number of allylic oxidation sites excluding steroid dienone is 1. The average Bonchev–Trinajstić information content (AvgIpc) is 3.02. The summed E-state index contributed by atoms with van der Waals surface area (Å²) < 4.78 is 5.72. The molecule has 0 aromatic heterocycles. The third kappa shape index (κ3) is 5.21. The number of carbonyl (C=O) groups is 2. The quantitative estimate of drug-likeness (QED) is 0.421. The van der Waals surface area contributed by atoms with Crippen LogP contribution in [0.3, 0.4) is 0 Å². The molecule has 1 aromatic carbocycles. The van der Waals surface area contributed by atoms with Gasteiger partial charge in [-0.15, -0.1) is 0 Å². The second-order valence-corrected chi connectivity index (χ2v) is 8.49. The Hall–Kier alpha value is -2.10. The van der Waals surface area contributed by atoms with E-state index >= 15 is 0 Å². The molecule has 1 fully saturated rings. The number of nitrogens with zero attached hydrogens (tertiary/aromatic N) is 1. The van der Waals surface area contributed by atoms with Gasteiger partial charge in [-0.2, -0.15) is 0 Å². The zero-order valence-electron chi connectivity index (χ0n) is 16.7. The van der Waals surface area contributed by atoms with Gasteiger partial charge in [-0.3, -0.25) is 9.59 Å². The maximum Gasteiger partial charge on any atom is 0.313 e. The highest BCUT2D eigenvalue weighted by Gasteiger charge is 2.33. The highest BCUT2D eigenvalue weighted by atomic mass is 16.5. The number of benzene rings is 1. The van der Waals surface area contributed by atoms with E-state index in [0.717, 1.165) is 25.9 Å². The van der Waals surface area contributed by atoms with Crippen LogP contribution in [0.2, 0.25) is 0 Å². The smallest absolute Gasteiger partial charge is 0.313 e. The van der Waals surface area contributed by atoms with Gasteiger partial charge in [0.25, 0.3) is 0 Å². The van der Waals surface area contributed by atoms with E-state index < -0.39 is 0 Å². The van der Waals surface area contributed by atoms with Crippen LogP contribution in [-0.4, -0.2) is 22.8 Å². The topological polar surface area (TPSA) is 46.6 Å². The van der Waals surface area contributed by atoms with Crippen molar-refractivity contribution in [1.82, 2.24) is 4.90 Å². The minimum Gasteiger partial charge on any atom is -0.462 e. The summed E-state index contributed by atoms with van der Waals surface area (Å²) in [4.78, 5) is 26.6. The zero-order valence-corrected chi connectivity index (χ0v) is 16.7. The largest absolute Gasteiger partial charge is 0.462 e. The molecule has 1 aliphatic carbocycles. The molecule has 3 atom stereocenters. The maximum atomic E-state index is 12.3. The van der Waals surface area contributed by atoms with Crippen molar-refractivity contribution in [3.05, 3.63) is 47.7 Å². The zero-order chi connectivity index (χ0) is 19.4. The fraction of sp³-hybridized carbons (Fsp3) is 0.565. The predicted molar refractivity (Wildman–Crippen MR) is 106 cm³/mol. The molecule has 0 amide bonds. The highest BCUT2D eigenvalue weighted by molar-refractivity contribution is 6.01. The van der Waals surface area contributed by atoms with Crippen molar-refractivity contribution >= 4 is 11.8 Å². The number of ether oxygens (including phenoxy) is 1. The number of hydrogen-bond acceptors (Lipinski definition) is 4. The summed E-state index contributed by atoms with van der Waals surface area (Å²) in [5, 5.41) is 0. The Morgan fingerprint density at radius 1 is 1.19 bits per heavy atom. The summed E-state index contributed by atoms with van der Waals surface area (Å²) in [6, 6.07) is 8.28. The second-order valence-electron chi connectivity index (χ2n) is 8.49. The van der Waals surface area contributed by atoms with Gasteiger partial charge in [-0.1, -0.05) is 51.5 Å². The molecule has 27 heavy (non-hydrogen) atoms. The number of esters is 1. The van der Waals surface area contributed by atoms with Crippen molar-refractivity contribution in [1.29, 1.82) is 0 Å². The Morgan fingerprint density at radius 3 is 2.48 bits per heavy atom. The molecule has 1 aromatic rings.